The molecule has 0 aliphatic carbocycles. The summed E-state index contributed by atoms with van der Waals surface area (Å²) in [7, 11) is -1.20. The van der Waals surface area contributed by atoms with Crippen LogP contribution in [0.2, 0.25) is 0 Å². The number of phosphoric ester groups is 1. The maximum atomic E-state index is 14.7. The Morgan fingerprint density at radius 1 is 0.591 bits per heavy atom. The van der Waals surface area contributed by atoms with Crippen LogP contribution in [0.15, 0.2) is 84.9 Å². The second-order valence-corrected chi connectivity index (χ2v) is 40.8. The molecule has 3 saturated heterocycles. The summed E-state index contributed by atoms with van der Waals surface area (Å²) in [4.78, 5) is 265. The predicted octanol–water partition coefficient (Wildman–Crippen LogP) is 0.166. The number of cyclic esters (lactones) is 1. The molecule has 16 amide bonds. The van der Waals surface area contributed by atoms with Gasteiger partial charge in [0.2, 0.25) is 94.5 Å². The van der Waals surface area contributed by atoms with E-state index in [1.54, 1.807) is 91.4 Å². The molecule has 3 heterocycles. The summed E-state index contributed by atoms with van der Waals surface area (Å²) >= 11 is 0. The van der Waals surface area contributed by atoms with E-state index in [1.807, 2.05) is 60.5 Å². The van der Waals surface area contributed by atoms with Crippen molar-refractivity contribution in [2.75, 3.05) is 152 Å². The Bertz CT molecular complexity index is 4930. The first kappa shape index (κ1) is 129. The van der Waals surface area contributed by atoms with Gasteiger partial charge in [-0.1, -0.05) is 135 Å². The van der Waals surface area contributed by atoms with Crippen LogP contribution in [0.3, 0.4) is 0 Å². The number of rotatable bonds is 69. The number of benzene rings is 3. The number of likely N-dealkylation sites (N-methyl/N-ethyl adjacent to an activating group) is 2. The number of carbonyl (C=O) groups is 17. The molecule has 0 spiro atoms. The number of amides is 16. The number of imide groups is 1. The standard InChI is InChI=1S/C98H153N17O31P2.W/c1-15-62(6)87(113(12)97(131)85(60(2)3)111-95(129)86(61(4)5)112(10)11)76(138-13)54-83(122)114-40-24-30-74(114)88(139-14)64(8)90(124)105-65(9)89(68-27-20-17-21-28-68)146-148(136,137)145-59-67-31-33-69(34-32-67)106-81(120)58-104-92(126)72(52-66-25-18-16-19-26-66)109-82(121)57-102-80(119)56-103-91(125)70(29-22-23-38-99)110-93(127)73(53-79(118)107-71-35-42-144-98(71)132)108-78(117)36-41-140-44-46-142-48-49-143-47-45-141-43-39-100-94(128)75(115-84(123)51-63(7)96(115)130)55-101-77(116)37-50-147(133,134)135;/h16-21,25-28,31-34,60-65,70-76,85-89H,15,22-24,29-30,35-59,99H2,1-14H3,(H,100,128)(H,101,116)(H,102,119)(H,103,125)(H,104,126)(H,105,124)(H,106,120)(H,107,118)(H,108,117)(H,109,121)(H,110,127)(H,111,129)(H,136,137)(H2,133,134,135);/t62-,63?,64+,65+,70-,71-,72-,73-,74-,75-,76+,85-,86-,87-,88+,89+;/m0./s1. The second-order valence-electron chi connectivity index (χ2n) is 37.6. The van der Waals surface area contributed by atoms with Crippen molar-refractivity contribution in [3.63, 3.8) is 0 Å². The summed E-state index contributed by atoms with van der Waals surface area (Å²) in [5, 5.41) is 30.9. The molecule has 3 aliphatic rings. The van der Waals surface area contributed by atoms with E-state index in [9.17, 15) is 95.5 Å². The van der Waals surface area contributed by atoms with Crippen molar-refractivity contribution in [1.82, 2.24) is 78.1 Å². The number of phosphoric acid groups is 1. The van der Waals surface area contributed by atoms with Crippen LogP contribution in [-0.4, -0.2) is 354 Å². The number of nitrogens with zero attached hydrogens (tertiary/aromatic N) is 4. The molecule has 3 aliphatic heterocycles. The first-order valence-corrected chi connectivity index (χ1v) is 53.2. The third-order valence-corrected chi connectivity index (χ3v) is 26.9. The molecule has 832 valence electrons. The smallest absolute Gasteiger partial charge is 0.464 e. The Labute approximate surface area is 883 Å². The van der Waals surface area contributed by atoms with Crippen molar-refractivity contribution in [3.05, 3.63) is 102 Å². The van der Waals surface area contributed by atoms with E-state index in [1.165, 1.54) is 45.4 Å². The SMILES string of the molecule is CC[C@H](C)[C@@H]([C@@H](CC(=O)N1CCC[C@H]1[C@H](OC)[C@@H](C)C(=O)N[C@H](C)[C@@H](OP(=O)(O)OCc1ccc(NC(=O)CNC(=O)[C@H](Cc2ccccc2)NC(=O)CNC(=O)CNC(=O)[C@H](CCCCN)NC(=O)[C@H](CC(=O)N[C@H]2CCOC2=O)NC(=O)CCOCCOCCOCCOCCNC(=O)[C@H](CNC(=O)CCP(=O)(O)O)N2C(=O)CC(C)C2=O)cc1)c1ccccc1)OC)N(C)C(=O)[C@@H](NC(=O)[C@H](C(C)C)N(C)C)C(C)C.[W]. The molecule has 48 nitrogen and oxygen atoms in total. The van der Waals surface area contributed by atoms with Crippen LogP contribution in [0.5, 0.6) is 0 Å². The van der Waals surface area contributed by atoms with Gasteiger partial charge in [0.1, 0.15) is 42.4 Å². The number of ether oxygens (including phenoxy) is 7. The van der Waals surface area contributed by atoms with Crippen molar-refractivity contribution >= 4 is 122 Å². The molecular weight excluding hydrogens is 2160 g/mol. The Morgan fingerprint density at radius 2 is 1.19 bits per heavy atom. The van der Waals surface area contributed by atoms with Crippen LogP contribution >= 0.6 is 15.4 Å². The molecule has 0 saturated carbocycles. The average Bonchev–Trinajstić information content (AvgIpc) is 1.67. The third-order valence-electron chi connectivity index (χ3n) is 25.2. The minimum Gasteiger partial charge on any atom is -0.464 e. The van der Waals surface area contributed by atoms with Gasteiger partial charge in [0.05, 0.1) is 147 Å². The number of unbranched alkanes of at least 4 members (excludes halogenated alkanes) is 1. The van der Waals surface area contributed by atoms with Crippen molar-refractivity contribution in [1.29, 1.82) is 0 Å². The number of carbonyl (C=O) groups excluding carboxylic acids is 17. The predicted molar refractivity (Wildman–Crippen MR) is 538 cm³/mol. The van der Waals surface area contributed by atoms with E-state index in [0.29, 0.717) is 48.9 Å². The van der Waals surface area contributed by atoms with E-state index in [4.69, 9.17) is 57.7 Å². The zero-order chi connectivity index (χ0) is 109. The van der Waals surface area contributed by atoms with E-state index in [0.717, 1.165) is 4.90 Å². The number of anilines is 1. The molecule has 149 heavy (non-hydrogen) atoms. The number of hydrogen-bond acceptors (Lipinski definition) is 30. The monoisotopic (exact) mass is 2310 g/mol. The largest absolute Gasteiger partial charge is 0.473 e. The molecule has 17 N–H and O–H groups in total. The Balaban J connectivity index is 0.0000390. The number of nitrogens with one attached hydrogen (secondary N) is 12. The first-order valence-electron chi connectivity index (χ1n) is 49.9. The minimum absolute atomic E-state index is 0. The first-order chi connectivity index (χ1) is 70.2. The Kier molecular flexibility index (Phi) is 57.4. The van der Waals surface area contributed by atoms with E-state index in [2.05, 4.69) is 63.8 Å². The molecular formula is C98H153N17O31P2W. The van der Waals surface area contributed by atoms with Gasteiger partial charge in [0.15, 0.2) is 0 Å². The molecule has 3 aromatic carbocycles. The molecule has 0 radical (unpaired) electrons. The van der Waals surface area contributed by atoms with Gasteiger partial charge in [-0.15, -0.1) is 0 Å². The zero-order valence-electron chi connectivity index (χ0n) is 87.3. The fourth-order valence-corrected chi connectivity index (χ4v) is 18.6. The van der Waals surface area contributed by atoms with Crippen LogP contribution in [0.25, 0.3) is 0 Å². The van der Waals surface area contributed by atoms with Gasteiger partial charge < -0.3 is 127 Å². The van der Waals surface area contributed by atoms with E-state index < -0.39 is 241 Å². The van der Waals surface area contributed by atoms with Gasteiger partial charge >= 0.3 is 21.4 Å². The number of hydrogen-bond donors (Lipinski definition) is 16. The van der Waals surface area contributed by atoms with Crippen LogP contribution in [0.4, 0.5) is 5.69 Å². The summed E-state index contributed by atoms with van der Waals surface area (Å²) in [6, 6.07) is 12.6. The summed E-state index contributed by atoms with van der Waals surface area (Å²) < 4.78 is 75.7. The summed E-state index contributed by atoms with van der Waals surface area (Å²) in [6.07, 6.45) is -2.99. The van der Waals surface area contributed by atoms with Crippen LogP contribution in [0.1, 0.15) is 162 Å². The average molecular weight is 2310 g/mol. The molecule has 51 heteroatoms. The van der Waals surface area contributed by atoms with Crippen molar-refractivity contribution < 1.29 is 169 Å². The number of esters is 1. The van der Waals surface area contributed by atoms with Gasteiger partial charge in [0, 0.05) is 106 Å². The van der Waals surface area contributed by atoms with E-state index >= 15 is 0 Å². The fourth-order valence-electron chi connectivity index (χ4n) is 17.1. The molecule has 3 aromatic rings. The van der Waals surface area contributed by atoms with Crippen LogP contribution in [0, 0.1) is 29.6 Å². The maximum Gasteiger partial charge on any atom is 0.473 e. The molecule has 2 unspecified atom stereocenters. The Hall–Kier alpha value is -10.5. The normalized spacial score (nSPS) is 17.6. The van der Waals surface area contributed by atoms with Gasteiger partial charge in [-0.3, -0.25) is 100 Å². The minimum atomic E-state index is -4.98. The number of methoxy groups -OCH3 is 2. The van der Waals surface area contributed by atoms with Crippen molar-refractivity contribution in [2.45, 2.75) is 231 Å². The molecule has 17 atom stereocenters. The number of nitrogens with two attached hydrogens (primary N) is 1. The maximum absolute atomic E-state index is 14.7. The van der Waals surface area contributed by atoms with Gasteiger partial charge in [0.25, 0.3) is 0 Å². The van der Waals surface area contributed by atoms with Crippen molar-refractivity contribution in [2.24, 2.45) is 35.3 Å². The second kappa shape index (κ2) is 66.3. The topological polar surface area (TPSA) is 651 Å². The summed E-state index contributed by atoms with van der Waals surface area (Å²) in [5.41, 5.74) is 7.37. The molecule has 3 fully saturated rings. The zero-order valence-corrected chi connectivity index (χ0v) is 92.1. The van der Waals surface area contributed by atoms with Gasteiger partial charge in [-0.05, 0) is 106 Å². The molecule has 6 rings (SSSR count). The molecule has 0 bridgehead atoms. The Morgan fingerprint density at radius 3 is 1.77 bits per heavy atom. The third kappa shape index (κ3) is 44.7. The fraction of sp³-hybridized carbons (Fsp3) is 0.643. The van der Waals surface area contributed by atoms with Gasteiger partial charge in [-0.25, -0.2) is 9.36 Å². The molecule has 0 aromatic heterocycles. The summed E-state index contributed by atoms with van der Waals surface area (Å²) in [6.45, 7) is 14.3. The van der Waals surface area contributed by atoms with Crippen molar-refractivity contribution in [3.8, 4) is 0 Å². The van der Waals surface area contributed by atoms with Crippen LogP contribution in [-0.2, 0) is 167 Å². The summed E-state index contributed by atoms with van der Waals surface area (Å²) in [5.74, 6) is -13.6. The number of likely N-dealkylation sites (tertiary alicyclic amines) is 2. The van der Waals surface area contributed by atoms with Crippen LogP contribution < -0.4 is 69.5 Å². The van der Waals surface area contributed by atoms with E-state index in [-0.39, 0.29) is 180 Å². The quantitative estimate of drug-likeness (QED) is 0.0155. The van der Waals surface area contributed by atoms with Gasteiger partial charge in [-0.2, -0.15) is 0 Å².